The molecule has 0 saturated carbocycles. The van der Waals surface area contributed by atoms with Crippen molar-refractivity contribution in [1.29, 1.82) is 0 Å². The number of benzene rings is 1. The van der Waals surface area contributed by atoms with E-state index < -0.39 is 0 Å². The van der Waals surface area contributed by atoms with Gasteiger partial charge in [-0.2, -0.15) is 0 Å². The van der Waals surface area contributed by atoms with Gasteiger partial charge in [-0.05, 0) is 25.0 Å². The Kier molecular flexibility index (Phi) is 5.43. The highest BCUT2D eigenvalue weighted by Crippen LogP contribution is 2.21. The van der Waals surface area contributed by atoms with E-state index in [2.05, 4.69) is 5.32 Å². The first-order chi connectivity index (χ1) is 7.25. The highest BCUT2D eigenvalue weighted by atomic mass is 35.5. The average Bonchev–Trinajstić information content (AvgIpc) is 2.24. The summed E-state index contributed by atoms with van der Waals surface area (Å²) < 4.78 is 18.3. The first-order valence-electron chi connectivity index (χ1n) is 4.92. The van der Waals surface area contributed by atoms with Gasteiger partial charge in [0.15, 0.2) is 5.82 Å². The second-order valence-electron chi connectivity index (χ2n) is 3.23. The van der Waals surface area contributed by atoms with Gasteiger partial charge in [-0.3, -0.25) is 0 Å². The third-order valence-electron chi connectivity index (χ3n) is 2.04. The summed E-state index contributed by atoms with van der Waals surface area (Å²) in [7, 11) is 1.67. The Labute approximate surface area is 94.4 Å². The molecule has 4 heteroatoms. The van der Waals surface area contributed by atoms with Crippen LogP contribution in [0.1, 0.15) is 12.8 Å². The lowest BCUT2D eigenvalue weighted by atomic mass is 10.2. The Bertz CT molecular complexity index is 307. The lowest BCUT2D eigenvalue weighted by Gasteiger charge is -2.07. The number of hydrogen-bond donors (Lipinski definition) is 1. The zero-order chi connectivity index (χ0) is 11.1. The van der Waals surface area contributed by atoms with E-state index in [0.29, 0.717) is 5.69 Å². The molecule has 0 saturated heterocycles. The first-order valence-corrected chi connectivity index (χ1v) is 5.30. The predicted molar refractivity (Wildman–Crippen MR) is 61.0 cm³/mol. The molecule has 0 heterocycles. The molecule has 1 aromatic rings. The van der Waals surface area contributed by atoms with Crippen molar-refractivity contribution in [3.8, 4) is 0 Å². The summed E-state index contributed by atoms with van der Waals surface area (Å²) in [5, 5.41) is 3.15. The number of nitrogens with one attached hydrogen (secondary N) is 1. The van der Waals surface area contributed by atoms with E-state index in [4.69, 9.17) is 16.3 Å². The Balaban J connectivity index is 2.34. The van der Waals surface area contributed by atoms with Gasteiger partial charge in [-0.15, -0.1) is 0 Å². The van der Waals surface area contributed by atoms with Gasteiger partial charge in [0, 0.05) is 20.3 Å². The lowest BCUT2D eigenvalue weighted by Crippen LogP contribution is -2.04. The molecule has 2 nitrogen and oxygen atoms in total. The molecule has 15 heavy (non-hydrogen) atoms. The molecule has 0 aliphatic carbocycles. The van der Waals surface area contributed by atoms with Gasteiger partial charge in [-0.25, -0.2) is 4.39 Å². The number of hydrogen-bond acceptors (Lipinski definition) is 2. The van der Waals surface area contributed by atoms with Crippen molar-refractivity contribution in [3.05, 3.63) is 29.0 Å². The smallest absolute Gasteiger partial charge is 0.164 e. The highest BCUT2D eigenvalue weighted by molar-refractivity contribution is 6.31. The minimum absolute atomic E-state index is 0.150. The maximum absolute atomic E-state index is 13.4. The Hall–Kier alpha value is -0.800. The second kappa shape index (κ2) is 6.64. The van der Waals surface area contributed by atoms with Gasteiger partial charge in [-0.1, -0.05) is 17.7 Å². The summed E-state index contributed by atoms with van der Waals surface area (Å²) in [5.41, 5.74) is 0.458. The van der Waals surface area contributed by atoms with Gasteiger partial charge < -0.3 is 10.1 Å². The fourth-order valence-corrected chi connectivity index (χ4v) is 1.41. The summed E-state index contributed by atoms with van der Waals surface area (Å²) in [6.45, 7) is 1.46. The average molecular weight is 232 g/mol. The molecule has 1 rings (SSSR count). The zero-order valence-corrected chi connectivity index (χ0v) is 9.48. The monoisotopic (exact) mass is 231 g/mol. The normalized spacial score (nSPS) is 10.3. The molecular weight excluding hydrogens is 217 g/mol. The van der Waals surface area contributed by atoms with Gasteiger partial charge in [0.1, 0.15) is 0 Å². The molecule has 0 bridgehead atoms. The maximum Gasteiger partial charge on any atom is 0.164 e. The zero-order valence-electron chi connectivity index (χ0n) is 8.72. The largest absolute Gasteiger partial charge is 0.385 e. The number of methoxy groups -OCH3 is 1. The molecule has 0 fully saturated rings. The van der Waals surface area contributed by atoms with E-state index in [9.17, 15) is 4.39 Å². The van der Waals surface area contributed by atoms with Gasteiger partial charge in [0.2, 0.25) is 0 Å². The van der Waals surface area contributed by atoms with Crippen LogP contribution in [0.4, 0.5) is 10.1 Å². The molecule has 0 amide bonds. The van der Waals surface area contributed by atoms with Gasteiger partial charge in [0.25, 0.3) is 0 Å². The number of halogens is 2. The van der Waals surface area contributed by atoms with Crippen molar-refractivity contribution in [2.45, 2.75) is 12.8 Å². The maximum atomic E-state index is 13.4. The molecule has 0 atom stereocenters. The summed E-state index contributed by atoms with van der Waals surface area (Å²) in [6, 6.07) is 4.94. The third-order valence-corrected chi connectivity index (χ3v) is 2.33. The SMILES string of the molecule is COCCCCNc1cccc(Cl)c1F. The third kappa shape index (κ3) is 4.06. The van der Waals surface area contributed by atoms with Crippen molar-refractivity contribution in [3.63, 3.8) is 0 Å². The van der Waals surface area contributed by atoms with E-state index in [1.165, 1.54) is 6.07 Å². The van der Waals surface area contributed by atoms with Gasteiger partial charge >= 0.3 is 0 Å². The minimum atomic E-state index is -0.383. The van der Waals surface area contributed by atoms with Crippen LogP contribution in [0.15, 0.2) is 18.2 Å². The Morgan fingerprint density at radius 3 is 2.93 bits per heavy atom. The fraction of sp³-hybridized carbons (Fsp3) is 0.455. The van der Waals surface area contributed by atoms with Crippen molar-refractivity contribution < 1.29 is 9.13 Å². The molecular formula is C11H15ClFNO. The van der Waals surface area contributed by atoms with Crippen LogP contribution in [0.5, 0.6) is 0 Å². The van der Waals surface area contributed by atoms with Crippen LogP contribution in [0, 0.1) is 5.82 Å². The van der Waals surface area contributed by atoms with Crippen LogP contribution in [-0.4, -0.2) is 20.3 Å². The molecule has 0 unspecified atom stereocenters. The van der Waals surface area contributed by atoms with Crippen LogP contribution < -0.4 is 5.32 Å². The standard InChI is InChI=1S/C11H15ClFNO/c1-15-8-3-2-7-14-10-6-4-5-9(12)11(10)13/h4-6,14H,2-3,7-8H2,1H3. The summed E-state index contributed by atoms with van der Waals surface area (Å²) in [4.78, 5) is 0. The molecule has 0 aliphatic heterocycles. The van der Waals surface area contributed by atoms with Gasteiger partial charge in [0.05, 0.1) is 10.7 Å². The van der Waals surface area contributed by atoms with Crippen molar-refractivity contribution in [2.75, 3.05) is 25.6 Å². The number of anilines is 1. The number of rotatable bonds is 6. The Morgan fingerprint density at radius 2 is 2.20 bits per heavy atom. The molecule has 1 aromatic carbocycles. The molecule has 0 aliphatic rings. The molecule has 0 aromatic heterocycles. The number of ether oxygens (including phenoxy) is 1. The highest BCUT2D eigenvalue weighted by Gasteiger charge is 2.04. The van der Waals surface area contributed by atoms with Crippen LogP contribution in [0.25, 0.3) is 0 Å². The molecule has 84 valence electrons. The van der Waals surface area contributed by atoms with Crippen molar-refractivity contribution in [2.24, 2.45) is 0 Å². The van der Waals surface area contributed by atoms with Crippen LogP contribution in [-0.2, 0) is 4.74 Å². The van der Waals surface area contributed by atoms with E-state index >= 15 is 0 Å². The van der Waals surface area contributed by atoms with Crippen molar-refractivity contribution in [1.82, 2.24) is 0 Å². The van der Waals surface area contributed by atoms with E-state index in [1.54, 1.807) is 19.2 Å². The predicted octanol–water partition coefficient (Wildman–Crippen LogP) is 3.32. The summed E-state index contributed by atoms with van der Waals surface area (Å²) >= 11 is 5.64. The second-order valence-corrected chi connectivity index (χ2v) is 3.64. The fourth-order valence-electron chi connectivity index (χ4n) is 1.23. The summed E-state index contributed by atoms with van der Waals surface area (Å²) in [6.07, 6.45) is 1.91. The molecule has 1 N–H and O–H groups in total. The Morgan fingerprint density at radius 1 is 1.40 bits per heavy atom. The molecule has 0 spiro atoms. The topological polar surface area (TPSA) is 21.3 Å². The number of unbranched alkanes of at least 4 members (excludes halogenated alkanes) is 1. The van der Waals surface area contributed by atoms with E-state index in [1.807, 2.05) is 0 Å². The van der Waals surface area contributed by atoms with Crippen LogP contribution in [0.3, 0.4) is 0 Å². The quantitative estimate of drug-likeness (QED) is 0.759. The van der Waals surface area contributed by atoms with Crippen molar-refractivity contribution >= 4 is 17.3 Å². The molecule has 0 radical (unpaired) electrons. The van der Waals surface area contributed by atoms with Crippen LogP contribution in [0.2, 0.25) is 5.02 Å². The van der Waals surface area contributed by atoms with E-state index in [0.717, 1.165) is 26.0 Å². The summed E-state index contributed by atoms with van der Waals surface area (Å²) in [5.74, 6) is -0.383. The first kappa shape index (κ1) is 12.3. The minimum Gasteiger partial charge on any atom is -0.385 e. The van der Waals surface area contributed by atoms with Crippen LogP contribution >= 0.6 is 11.6 Å². The lowest BCUT2D eigenvalue weighted by molar-refractivity contribution is 0.194. The van der Waals surface area contributed by atoms with E-state index in [-0.39, 0.29) is 10.8 Å².